The van der Waals surface area contributed by atoms with Crippen molar-refractivity contribution in [2.75, 3.05) is 16.8 Å². The Morgan fingerprint density at radius 2 is 1.96 bits per heavy atom. The van der Waals surface area contributed by atoms with Gasteiger partial charge >= 0.3 is 6.36 Å². The van der Waals surface area contributed by atoms with Crippen LogP contribution in [0.1, 0.15) is 29.7 Å². The molecule has 138 valence electrons. The molecule has 1 aliphatic heterocycles. The standard InChI is InChI=1S/C18H19F3N4O/c1-11-8-16(24-17(22-11)23-14-3-4-14)25-7-6-12-2-5-15(9-13(12)10-25)26-18(19,20)21/h2,5,8-9,14H,3-4,6-7,10H2,1H3,(H,22,23,24). The lowest BCUT2D eigenvalue weighted by Gasteiger charge is -2.30. The van der Waals surface area contributed by atoms with Crippen LogP contribution in [0.5, 0.6) is 5.75 Å². The molecule has 2 aromatic rings. The maximum atomic E-state index is 12.5. The normalized spacial score (nSPS) is 17.0. The fraction of sp³-hybridized carbons (Fsp3) is 0.444. The second-order valence-electron chi connectivity index (χ2n) is 6.76. The largest absolute Gasteiger partial charge is 0.573 e. The average Bonchev–Trinajstić information content (AvgIpc) is 3.36. The van der Waals surface area contributed by atoms with Crippen LogP contribution >= 0.6 is 0 Å². The van der Waals surface area contributed by atoms with Gasteiger partial charge in [0.05, 0.1) is 0 Å². The number of benzene rings is 1. The average molecular weight is 364 g/mol. The zero-order chi connectivity index (χ0) is 18.3. The van der Waals surface area contributed by atoms with E-state index in [0.29, 0.717) is 18.5 Å². The number of ether oxygens (including phenoxy) is 1. The van der Waals surface area contributed by atoms with Crippen molar-refractivity contribution in [3.8, 4) is 5.75 Å². The third-order valence-electron chi connectivity index (χ3n) is 4.50. The molecule has 0 radical (unpaired) electrons. The molecule has 1 fully saturated rings. The van der Waals surface area contributed by atoms with Crippen LogP contribution in [0.2, 0.25) is 0 Å². The number of halogens is 3. The number of nitrogens with one attached hydrogen (secondary N) is 1. The Labute approximate surface area is 149 Å². The summed E-state index contributed by atoms with van der Waals surface area (Å²) in [6.45, 7) is 3.16. The van der Waals surface area contributed by atoms with Crippen LogP contribution in [0.4, 0.5) is 24.9 Å². The van der Waals surface area contributed by atoms with Gasteiger partial charge in [-0.25, -0.2) is 4.98 Å². The zero-order valence-electron chi connectivity index (χ0n) is 14.3. The first-order valence-corrected chi connectivity index (χ1v) is 8.60. The van der Waals surface area contributed by atoms with Crippen LogP contribution in [0, 0.1) is 6.92 Å². The van der Waals surface area contributed by atoms with Gasteiger partial charge in [-0.15, -0.1) is 13.2 Å². The fourth-order valence-corrected chi connectivity index (χ4v) is 3.11. The van der Waals surface area contributed by atoms with Gasteiger partial charge in [0.25, 0.3) is 0 Å². The zero-order valence-corrected chi connectivity index (χ0v) is 14.3. The first kappa shape index (κ1) is 16.9. The Morgan fingerprint density at radius 1 is 1.15 bits per heavy atom. The summed E-state index contributed by atoms with van der Waals surface area (Å²) in [6, 6.07) is 6.90. The maximum Gasteiger partial charge on any atom is 0.573 e. The Bertz CT molecular complexity index is 821. The third-order valence-corrected chi connectivity index (χ3v) is 4.50. The van der Waals surface area contributed by atoms with Gasteiger partial charge in [-0.1, -0.05) is 6.07 Å². The van der Waals surface area contributed by atoms with Crippen molar-refractivity contribution < 1.29 is 17.9 Å². The van der Waals surface area contributed by atoms with Gasteiger partial charge < -0.3 is 15.0 Å². The maximum absolute atomic E-state index is 12.5. The predicted octanol–water partition coefficient (Wildman–Crippen LogP) is 3.82. The summed E-state index contributed by atoms with van der Waals surface area (Å²) in [4.78, 5) is 11.1. The first-order chi connectivity index (χ1) is 12.4. The number of fused-ring (bicyclic) bond motifs is 1. The van der Waals surface area contributed by atoms with Gasteiger partial charge in [-0.3, -0.25) is 0 Å². The lowest BCUT2D eigenvalue weighted by Crippen LogP contribution is -2.31. The van der Waals surface area contributed by atoms with E-state index in [-0.39, 0.29) is 5.75 Å². The lowest BCUT2D eigenvalue weighted by atomic mass is 9.99. The van der Waals surface area contributed by atoms with Gasteiger partial charge in [0.1, 0.15) is 11.6 Å². The van der Waals surface area contributed by atoms with E-state index in [4.69, 9.17) is 0 Å². The smallest absolute Gasteiger partial charge is 0.406 e. The Morgan fingerprint density at radius 3 is 2.69 bits per heavy atom. The molecule has 5 nitrogen and oxygen atoms in total. The number of hydrogen-bond acceptors (Lipinski definition) is 5. The van der Waals surface area contributed by atoms with E-state index in [0.717, 1.165) is 48.4 Å². The van der Waals surface area contributed by atoms with Crippen molar-refractivity contribution in [2.45, 2.75) is 45.1 Å². The second kappa shape index (κ2) is 6.34. The van der Waals surface area contributed by atoms with Crippen molar-refractivity contribution in [1.82, 2.24) is 9.97 Å². The van der Waals surface area contributed by atoms with Crippen molar-refractivity contribution in [3.05, 3.63) is 41.1 Å². The molecule has 26 heavy (non-hydrogen) atoms. The number of nitrogens with zero attached hydrogens (tertiary/aromatic N) is 3. The highest BCUT2D eigenvalue weighted by molar-refractivity contribution is 5.49. The minimum atomic E-state index is -4.68. The molecule has 2 heterocycles. The Balaban J connectivity index is 1.55. The van der Waals surface area contributed by atoms with Gasteiger partial charge in [-0.05, 0) is 49.4 Å². The van der Waals surface area contributed by atoms with E-state index >= 15 is 0 Å². The summed E-state index contributed by atoms with van der Waals surface area (Å²) in [5.74, 6) is 1.21. The molecule has 1 aliphatic carbocycles. The summed E-state index contributed by atoms with van der Waals surface area (Å²) < 4.78 is 41.4. The first-order valence-electron chi connectivity index (χ1n) is 8.60. The molecular weight excluding hydrogens is 345 g/mol. The van der Waals surface area contributed by atoms with E-state index in [1.165, 1.54) is 12.1 Å². The molecular formula is C18H19F3N4O. The van der Waals surface area contributed by atoms with Gasteiger partial charge in [0.15, 0.2) is 0 Å². The highest BCUT2D eigenvalue weighted by atomic mass is 19.4. The second-order valence-corrected chi connectivity index (χ2v) is 6.76. The summed E-state index contributed by atoms with van der Waals surface area (Å²) in [7, 11) is 0. The quantitative estimate of drug-likeness (QED) is 0.894. The number of rotatable bonds is 4. The van der Waals surface area contributed by atoms with E-state index in [1.807, 2.05) is 13.0 Å². The van der Waals surface area contributed by atoms with E-state index in [2.05, 4.69) is 24.9 Å². The molecule has 8 heteroatoms. The molecule has 0 amide bonds. The van der Waals surface area contributed by atoms with Crippen LogP contribution in [-0.2, 0) is 13.0 Å². The molecule has 2 aliphatic rings. The topological polar surface area (TPSA) is 50.3 Å². The lowest BCUT2D eigenvalue weighted by molar-refractivity contribution is -0.274. The summed E-state index contributed by atoms with van der Waals surface area (Å²) in [5, 5.41) is 3.30. The van der Waals surface area contributed by atoms with Crippen molar-refractivity contribution in [3.63, 3.8) is 0 Å². The molecule has 1 saturated carbocycles. The molecule has 0 unspecified atom stereocenters. The number of aromatic nitrogens is 2. The van der Waals surface area contributed by atoms with Crippen LogP contribution in [0.25, 0.3) is 0 Å². The molecule has 0 atom stereocenters. The summed E-state index contributed by atoms with van der Waals surface area (Å²) in [6.07, 6.45) is -1.68. The molecule has 0 bridgehead atoms. The SMILES string of the molecule is Cc1cc(N2CCc3ccc(OC(F)(F)F)cc3C2)nc(NC2CC2)n1. The van der Waals surface area contributed by atoms with Gasteiger partial charge in [0, 0.05) is 30.9 Å². The van der Waals surface area contributed by atoms with Crippen LogP contribution in [0.15, 0.2) is 24.3 Å². The monoisotopic (exact) mass is 364 g/mol. The molecule has 1 N–H and O–H groups in total. The number of alkyl halides is 3. The van der Waals surface area contributed by atoms with E-state index in [9.17, 15) is 13.2 Å². The molecule has 4 rings (SSSR count). The van der Waals surface area contributed by atoms with Crippen LogP contribution in [-0.4, -0.2) is 28.9 Å². The van der Waals surface area contributed by atoms with Crippen molar-refractivity contribution >= 4 is 11.8 Å². The Hall–Kier alpha value is -2.51. The fourth-order valence-electron chi connectivity index (χ4n) is 3.11. The van der Waals surface area contributed by atoms with Gasteiger partial charge in [-0.2, -0.15) is 4.98 Å². The highest BCUT2D eigenvalue weighted by Crippen LogP contribution is 2.30. The summed E-state index contributed by atoms with van der Waals surface area (Å²) >= 11 is 0. The van der Waals surface area contributed by atoms with Crippen LogP contribution in [0.3, 0.4) is 0 Å². The number of hydrogen-bond donors (Lipinski definition) is 1. The van der Waals surface area contributed by atoms with Gasteiger partial charge in [0.2, 0.25) is 5.95 Å². The van der Waals surface area contributed by atoms with E-state index < -0.39 is 6.36 Å². The molecule has 1 aromatic carbocycles. The Kier molecular flexibility index (Phi) is 4.13. The minimum absolute atomic E-state index is 0.187. The molecule has 1 aromatic heterocycles. The number of aryl methyl sites for hydroxylation is 1. The van der Waals surface area contributed by atoms with E-state index in [1.54, 1.807) is 6.07 Å². The third kappa shape index (κ3) is 4.00. The van der Waals surface area contributed by atoms with Crippen LogP contribution < -0.4 is 15.0 Å². The molecule has 0 spiro atoms. The van der Waals surface area contributed by atoms with Crippen molar-refractivity contribution in [1.29, 1.82) is 0 Å². The minimum Gasteiger partial charge on any atom is -0.406 e. The highest BCUT2D eigenvalue weighted by Gasteiger charge is 2.31. The summed E-state index contributed by atoms with van der Waals surface area (Å²) in [5.41, 5.74) is 2.72. The predicted molar refractivity (Wildman–Crippen MR) is 91.3 cm³/mol. The molecule has 0 saturated heterocycles. The number of anilines is 2. The van der Waals surface area contributed by atoms with Crippen molar-refractivity contribution in [2.24, 2.45) is 0 Å².